The Labute approximate surface area is 182 Å². The van der Waals surface area contributed by atoms with E-state index in [9.17, 15) is 0 Å². The average molecular weight is 431 g/mol. The summed E-state index contributed by atoms with van der Waals surface area (Å²) >= 11 is 3.28. The SMILES string of the molecule is CSc1nc2n(n1)[C@@H](c1cccs1)C1=C(N2)c2ccccc2O[C@@H]1c1ccccc1. The molecule has 0 bridgehead atoms. The molecule has 4 heterocycles. The summed E-state index contributed by atoms with van der Waals surface area (Å²) in [7, 11) is 0. The van der Waals surface area contributed by atoms with Crippen LogP contribution < -0.4 is 10.1 Å². The molecule has 2 atom stereocenters. The number of nitrogens with one attached hydrogen (secondary N) is 1. The van der Waals surface area contributed by atoms with Crippen molar-refractivity contribution in [2.75, 3.05) is 11.6 Å². The molecule has 0 fully saturated rings. The van der Waals surface area contributed by atoms with Gasteiger partial charge in [-0.05, 0) is 35.4 Å². The van der Waals surface area contributed by atoms with E-state index in [0.29, 0.717) is 0 Å². The van der Waals surface area contributed by atoms with E-state index >= 15 is 0 Å². The monoisotopic (exact) mass is 430 g/mol. The second-order valence-electron chi connectivity index (χ2n) is 7.14. The Morgan fingerprint density at radius 2 is 1.87 bits per heavy atom. The zero-order chi connectivity index (χ0) is 20.1. The molecule has 1 N–H and O–H groups in total. The number of aromatic nitrogens is 3. The highest BCUT2D eigenvalue weighted by atomic mass is 32.2. The third-order valence-electron chi connectivity index (χ3n) is 5.46. The van der Waals surface area contributed by atoms with Crippen molar-refractivity contribution < 1.29 is 4.74 Å². The molecule has 0 aliphatic carbocycles. The van der Waals surface area contributed by atoms with Crippen molar-refractivity contribution in [3.8, 4) is 5.75 Å². The predicted molar refractivity (Wildman–Crippen MR) is 121 cm³/mol. The Morgan fingerprint density at radius 1 is 1.03 bits per heavy atom. The molecule has 0 saturated carbocycles. The number of fused-ring (bicyclic) bond motifs is 3. The summed E-state index contributed by atoms with van der Waals surface area (Å²) in [5.41, 5.74) is 4.40. The second-order valence-corrected chi connectivity index (χ2v) is 8.90. The molecular formula is C23H18N4OS2. The third kappa shape index (κ3) is 2.69. The number of rotatable bonds is 3. The van der Waals surface area contributed by atoms with Crippen LogP contribution in [0, 0.1) is 0 Å². The molecule has 2 aromatic heterocycles. The maximum Gasteiger partial charge on any atom is 0.227 e. The fraction of sp³-hybridized carbons (Fsp3) is 0.130. The first-order chi connectivity index (χ1) is 14.8. The number of ether oxygens (including phenoxy) is 1. The predicted octanol–water partition coefficient (Wildman–Crippen LogP) is 5.62. The number of hydrogen-bond donors (Lipinski definition) is 1. The number of nitrogens with zero attached hydrogens (tertiary/aromatic N) is 3. The van der Waals surface area contributed by atoms with Crippen molar-refractivity contribution in [3.05, 3.63) is 93.7 Å². The summed E-state index contributed by atoms with van der Waals surface area (Å²) in [5, 5.41) is 11.3. The van der Waals surface area contributed by atoms with Gasteiger partial charge in [-0.15, -0.1) is 16.4 Å². The Morgan fingerprint density at radius 3 is 2.67 bits per heavy atom. The van der Waals surface area contributed by atoms with Gasteiger partial charge in [-0.1, -0.05) is 60.3 Å². The van der Waals surface area contributed by atoms with Crippen molar-refractivity contribution in [1.29, 1.82) is 0 Å². The lowest BCUT2D eigenvalue weighted by Gasteiger charge is -2.38. The second kappa shape index (κ2) is 7.04. The third-order valence-corrected chi connectivity index (χ3v) is 6.92. The highest BCUT2D eigenvalue weighted by Crippen LogP contribution is 2.51. The molecule has 30 heavy (non-hydrogen) atoms. The zero-order valence-electron chi connectivity index (χ0n) is 16.1. The molecule has 0 spiro atoms. The van der Waals surface area contributed by atoms with Crippen molar-refractivity contribution in [1.82, 2.24) is 14.8 Å². The molecule has 0 amide bonds. The number of hydrogen-bond acceptors (Lipinski definition) is 6. The molecule has 0 radical (unpaired) electrons. The van der Waals surface area contributed by atoms with Crippen LogP contribution >= 0.6 is 23.1 Å². The van der Waals surface area contributed by atoms with Gasteiger partial charge in [0.25, 0.3) is 0 Å². The van der Waals surface area contributed by atoms with E-state index in [2.05, 4.69) is 53.2 Å². The molecule has 148 valence electrons. The Kier molecular flexibility index (Phi) is 4.17. The van der Waals surface area contributed by atoms with E-state index in [4.69, 9.17) is 14.8 Å². The van der Waals surface area contributed by atoms with Gasteiger partial charge in [0, 0.05) is 16.0 Å². The molecule has 2 aromatic carbocycles. The van der Waals surface area contributed by atoms with Crippen LogP contribution in [0.3, 0.4) is 0 Å². The molecule has 7 heteroatoms. The van der Waals surface area contributed by atoms with Crippen LogP contribution in [0.1, 0.15) is 28.1 Å². The zero-order valence-corrected chi connectivity index (χ0v) is 17.8. The smallest absolute Gasteiger partial charge is 0.227 e. The summed E-state index contributed by atoms with van der Waals surface area (Å²) in [6.45, 7) is 0. The van der Waals surface area contributed by atoms with Crippen molar-refractivity contribution in [2.45, 2.75) is 17.3 Å². The molecule has 5 nitrogen and oxygen atoms in total. The van der Waals surface area contributed by atoms with E-state index in [-0.39, 0.29) is 12.1 Å². The van der Waals surface area contributed by atoms with Crippen molar-refractivity contribution in [2.24, 2.45) is 0 Å². The fourth-order valence-electron chi connectivity index (χ4n) is 4.17. The molecule has 0 saturated heterocycles. The van der Waals surface area contributed by atoms with Crippen LogP contribution in [0.5, 0.6) is 5.75 Å². The summed E-state index contributed by atoms with van der Waals surface area (Å²) in [6, 6.07) is 22.8. The molecule has 0 unspecified atom stereocenters. The van der Waals surface area contributed by atoms with Gasteiger partial charge in [-0.25, -0.2) is 4.68 Å². The van der Waals surface area contributed by atoms with Gasteiger partial charge in [0.15, 0.2) is 0 Å². The van der Waals surface area contributed by atoms with Crippen molar-refractivity contribution >= 4 is 34.7 Å². The summed E-state index contributed by atoms with van der Waals surface area (Å²) in [6.07, 6.45) is 1.78. The van der Waals surface area contributed by atoms with E-state index in [0.717, 1.165) is 39.3 Å². The van der Waals surface area contributed by atoms with Crippen LogP contribution in [0.4, 0.5) is 5.95 Å². The van der Waals surface area contributed by atoms with Crippen LogP contribution in [0.15, 0.2) is 82.8 Å². The lowest BCUT2D eigenvalue weighted by molar-refractivity contribution is 0.223. The van der Waals surface area contributed by atoms with Gasteiger partial charge in [0.1, 0.15) is 17.9 Å². The van der Waals surface area contributed by atoms with Gasteiger partial charge in [-0.2, -0.15) is 4.98 Å². The van der Waals surface area contributed by atoms with Crippen LogP contribution in [-0.4, -0.2) is 21.0 Å². The van der Waals surface area contributed by atoms with Gasteiger partial charge in [-0.3, -0.25) is 0 Å². The maximum atomic E-state index is 6.60. The van der Waals surface area contributed by atoms with Crippen LogP contribution in [0.2, 0.25) is 0 Å². The number of para-hydroxylation sites is 1. The fourth-order valence-corrected chi connectivity index (χ4v) is 5.34. The van der Waals surface area contributed by atoms with E-state index in [1.54, 1.807) is 23.1 Å². The van der Waals surface area contributed by atoms with E-state index in [1.807, 2.05) is 35.2 Å². The van der Waals surface area contributed by atoms with Crippen molar-refractivity contribution in [3.63, 3.8) is 0 Å². The van der Waals surface area contributed by atoms with Crippen LogP contribution in [0.25, 0.3) is 5.70 Å². The first-order valence-electron chi connectivity index (χ1n) is 9.69. The molecule has 2 aliphatic heterocycles. The largest absolute Gasteiger partial charge is 0.480 e. The Balaban J connectivity index is 1.64. The number of anilines is 1. The number of thioether (sulfide) groups is 1. The molecular weight excluding hydrogens is 412 g/mol. The highest BCUT2D eigenvalue weighted by molar-refractivity contribution is 7.98. The number of thiophene rings is 1. The first kappa shape index (κ1) is 17.8. The quantitative estimate of drug-likeness (QED) is 0.428. The van der Waals surface area contributed by atoms with Crippen LogP contribution in [-0.2, 0) is 0 Å². The number of benzene rings is 2. The topological polar surface area (TPSA) is 52.0 Å². The lowest BCUT2D eigenvalue weighted by atomic mass is 9.87. The summed E-state index contributed by atoms with van der Waals surface area (Å²) in [5.74, 6) is 1.64. The highest BCUT2D eigenvalue weighted by Gasteiger charge is 2.41. The normalized spacial score (nSPS) is 19.4. The molecule has 4 aromatic rings. The standard InChI is InChI=1S/C23H18N4OS2/c1-29-23-25-22-24-19-15-10-5-6-11-16(15)28-21(14-8-3-2-4-9-14)18(19)20(27(22)26-23)17-12-7-13-30-17/h2-13,20-21H,1H3,(H,24,25,26)/t20-,21+/m0/s1. The average Bonchev–Trinajstić information content (AvgIpc) is 3.47. The lowest BCUT2D eigenvalue weighted by Crippen LogP contribution is -2.32. The molecule has 6 rings (SSSR count). The maximum absolute atomic E-state index is 6.60. The summed E-state index contributed by atoms with van der Waals surface area (Å²) in [4.78, 5) is 5.94. The van der Waals surface area contributed by atoms with Gasteiger partial charge in [0.2, 0.25) is 11.1 Å². The van der Waals surface area contributed by atoms with E-state index < -0.39 is 0 Å². The van der Waals surface area contributed by atoms with Gasteiger partial charge in [0.05, 0.1) is 5.70 Å². The van der Waals surface area contributed by atoms with Gasteiger partial charge < -0.3 is 10.1 Å². The van der Waals surface area contributed by atoms with Gasteiger partial charge >= 0.3 is 0 Å². The minimum atomic E-state index is -0.217. The first-order valence-corrected chi connectivity index (χ1v) is 11.8. The minimum Gasteiger partial charge on any atom is -0.480 e. The summed E-state index contributed by atoms with van der Waals surface area (Å²) < 4.78 is 8.61. The van der Waals surface area contributed by atoms with E-state index in [1.165, 1.54) is 4.88 Å². The Bertz CT molecular complexity index is 1250. The Hall–Kier alpha value is -3.03. The molecule has 2 aliphatic rings. The minimum absolute atomic E-state index is 0.0804.